The van der Waals surface area contributed by atoms with E-state index in [9.17, 15) is 14.9 Å². The van der Waals surface area contributed by atoms with Crippen LogP contribution in [0, 0.1) is 10.1 Å². The van der Waals surface area contributed by atoms with Crippen LogP contribution in [0.3, 0.4) is 0 Å². The number of carbonyl (C=O) groups is 1. The van der Waals surface area contributed by atoms with Crippen LogP contribution in [0.25, 0.3) is 0 Å². The molecule has 2 aromatic heterocycles. The largest absolute Gasteiger partial charge is 0.365 e. The predicted octanol–water partition coefficient (Wildman–Crippen LogP) is 1.08. The zero-order valence-electron chi connectivity index (χ0n) is 13.8. The summed E-state index contributed by atoms with van der Waals surface area (Å²) >= 11 is 0. The fourth-order valence-corrected chi connectivity index (χ4v) is 3.18. The maximum absolute atomic E-state index is 11.8. The van der Waals surface area contributed by atoms with E-state index >= 15 is 0 Å². The maximum atomic E-state index is 11.8. The standard InChI is InChI=1S/C15H19N7O3/c1-2-20-9-18-19-14(20)10-4-3-5-21(8-10)15-12(13(16)23)6-11(7-17-15)22(24)25/h6-7,9-10H,2-5,8H2,1H3,(H2,16,23). The number of piperidine rings is 1. The van der Waals surface area contributed by atoms with E-state index in [1.165, 1.54) is 6.07 Å². The molecule has 3 rings (SSSR count). The summed E-state index contributed by atoms with van der Waals surface area (Å²) < 4.78 is 1.99. The highest BCUT2D eigenvalue weighted by atomic mass is 16.6. The smallest absolute Gasteiger partial charge is 0.288 e. The van der Waals surface area contributed by atoms with E-state index in [-0.39, 0.29) is 17.2 Å². The number of amides is 1. The molecule has 0 aliphatic carbocycles. The Bertz CT molecular complexity index is 804. The Labute approximate surface area is 143 Å². The maximum Gasteiger partial charge on any atom is 0.288 e. The van der Waals surface area contributed by atoms with Crippen molar-refractivity contribution in [3.63, 3.8) is 0 Å². The van der Waals surface area contributed by atoms with Crippen molar-refractivity contribution >= 4 is 17.4 Å². The molecule has 2 aromatic rings. The number of nitrogens with zero attached hydrogens (tertiary/aromatic N) is 6. The molecule has 0 aromatic carbocycles. The molecule has 1 unspecified atom stereocenters. The Morgan fingerprint density at radius 2 is 2.32 bits per heavy atom. The Kier molecular flexibility index (Phi) is 4.59. The number of primary amides is 1. The van der Waals surface area contributed by atoms with Crippen LogP contribution in [-0.4, -0.2) is 43.7 Å². The van der Waals surface area contributed by atoms with Gasteiger partial charge in [0.2, 0.25) is 0 Å². The van der Waals surface area contributed by atoms with Crippen molar-refractivity contribution in [3.8, 4) is 0 Å². The molecule has 2 N–H and O–H groups in total. The minimum atomic E-state index is -0.731. The molecule has 1 saturated heterocycles. The van der Waals surface area contributed by atoms with Gasteiger partial charge in [-0.15, -0.1) is 10.2 Å². The lowest BCUT2D eigenvalue weighted by molar-refractivity contribution is -0.385. The monoisotopic (exact) mass is 345 g/mol. The Hall–Kier alpha value is -3.04. The summed E-state index contributed by atoms with van der Waals surface area (Å²) in [5, 5.41) is 19.1. The second-order valence-electron chi connectivity index (χ2n) is 5.95. The number of carbonyl (C=O) groups excluding carboxylic acids is 1. The van der Waals surface area contributed by atoms with Crippen molar-refractivity contribution < 1.29 is 9.72 Å². The number of hydrogen-bond acceptors (Lipinski definition) is 7. The van der Waals surface area contributed by atoms with Gasteiger partial charge in [0.25, 0.3) is 11.6 Å². The number of aromatic nitrogens is 4. The van der Waals surface area contributed by atoms with Gasteiger partial charge in [-0.05, 0) is 19.8 Å². The molecular weight excluding hydrogens is 326 g/mol. The van der Waals surface area contributed by atoms with E-state index in [4.69, 9.17) is 5.73 Å². The second-order valence-corrected chi connectivity index (χ2v) is 5.95. The van der Waals surface area contributed by atoms with E-state index in [0.717, 1.165) is 31.4 Å². The number of nitrogens with two attached hydrogens (primary N) is 1. The third kappa shape index (κ3) is 3.28. The molecule has 1 fully saturated rings. The van der Waals surface area contributed by atoms with Crippen molar-refractivity contribution in [1.29, 1.82) is 0 Å². The molecule has 10 heteroatoms. The van der Waals surface area contributed by atoms with Gasteiger partial charge in [-0.25, -0.2) is 4.98 Å². The van der Waals surface area contributed by atoms with Crippen LogP contribution < -0.4 is 10.6 Å². The number of rotatable bonds is 5. The quantitative estimate of drug-likeness (QED) is 0.633. The average molecular weight is 345 g/mol. The SMILES string of the molecule is CCn1cnnc1C1CCCN(c2ncc([N+](=O)[O-])cc2C(N)=O)C1. The highest BCUT2D eigenvalue weighted by molar-refractivity contribution is 5.98. The van der Waals surface area contributed by atoms with E-state index in [0.29, 0.717) is 18.9 Å². The topological polar surface area (TPSA) is 133 Å². The molecule has 1 aliphatic rings. The summed E-state index contributed by atoms with van der Waals surface area (Å²) in [4.78, 5) is 28.2. The molecule has 0 spiro atoms. The third-order valence-electron chi connectivity index (χ3n) is 4.40. The summed E-state index contributed by atoms with van der Waals surface area (Å²) in [6, 6.07) is 1.18. The highest BCUT2D eigenvalue weighted by Crippen LogP contribution is 2.30. The van der Waals surface area contributed by atoms with Crippen molar-refractivity contribution in [1.82, 2.24) is 19.7 Å². The zero-order chi connectivity index (χ0) is 18.0. The first kappa shape index (κ1) is 16.8. The number of pyridine rings is 1. The Morgan fingerprint density at radius 1 is 1.52 bits per heavy atom. The minimum Gasteiger partial charge on any atom is -0.365 e. The fraction of sp³-hybridized carbons (Fsp3) is 0.467. The summed E-state index contributed by atoms with van der Waals surface area (Å²) in [7, 11) is 0. The van der Waals surface area contributed by atoms with Crippen molar-refractivity contribution in [2.45, 2.75) is 32.2 Å². The van der Waals surface area contributed by atoms with Gasteiger partial charge < -0.3 is 15.2 Å². The van der Waals surface area contributed by atoms with E-state index in [2.05, 4.69) is 15.2 Å². The first-order chi connectivity index (χ1) is 12.0. The molecule has 10 nitrogen and oxygen atoms in total. The first-order valence-electron chi connectivity index (χ1n) is 8.08. The minimum absolute atomic E-state index is 0.0619. The molecule has 25 heavy (non-hydrogen) atoms. The van der Waals surface area contributed by atoms with Gasteiger partial charge in [0.15, 0.2) is 0 Å². The van der Waals surface area contributed by atoms with E-state index in [1.807, 2.05) is 16.4 Å². The Morgan fingerprint density at radius 3 is 3.00 bits per heavy atom. The summed E-state index contributed by atoms with van der Waals surface area (Å²) in [6.45, 7) is 4.10. The number of anilines is 1. The molecule has 0 saturated carbocycles. The van der Waals surface area contributed by atoms with Crippen LogP contribution in [0.4, 0.5) is 11.5 Å². The van der Waals surface area contributed by atoms with E-state index < -0.39 is 10.8 Å². The lowest BCUT2D eigenvalue weighted by Gasteiger charge is -2.33. The van der Waals surface area contributed by atoms with Crippen LogP contribution in [0.15, 0.2) is 18.6 Å². The summed E-state index contributed by atoms with van der Waals surface area (Å²) in [5.41, 5.74) is 5.22. The summed E-state index contributed by atoms with van der Waals surface area (Å²) in [5.74, 6) is 0.694. The van der Waals surface area contributed by atoms with Crippen LogP contribution in [0.2, 0.25) is 0 Å². The molecule has 1 aliphatic heterocycles. The van der Waals surface area contributed by atoms with Crippen molar-refractivity contribution in [2.24, 2.45) is 5.73 Å². The number of nitro groups is 1. The predicted molar refractivity (Wildman–Crippen MR) is 89.3 cm³/mol. The fourth-order valence-electron chi connectivity index (χ4n) is 3.18. The van der Waals surface area contributed by atoms with Crippen LogP contribution in [0.1, 0.15) is 41.9 Å². The normalized spacial score (nSPS) is 17.5. The van der Waals surface area contributed by atoms with Gasteiger partial charge in [-0.2, -0.15) is 0 Å². The van der Waals surface area contributed by atoms with Crippen LogP contribution in [0.5, 0.6) is 0 Å². The van der Waals surface area contributed by atoms with E-state index in [1.54, 1.807) is 6.33 Å². The molecule has 3 heterocycles. The van der Waals surface area contributed by atoms with Gasteiger partial charge in [-0.3, -0.25) is 14.9 Å². The summed E-state index contributed by atoms with van der Waals surface area (Å²) in [6.07, 6.45) is 4.69. The van der Waals surface area contributed by atoms with Gasteiger partial charge in [0.05, 0.1) is 10.5 Å². The van der Waals surface area contributed by atoms with Crippen molar-refractivity contribution in [3.05, 3.63) is 40.1 Å². The van der Waals surface area contributed by atoms with Crippen LogP contribution in [-0.2, 0) is 6.54 Å². The van der Waals surface area contributed by atoms with Crippen molar-refractivity contribution in [2.75, 3.05) is 18.0 Å². The average Bonchev–Trinajstić information content (AvgIpc) is 3.10. The molecule has 1 amide bonds. The number of aryl methyl sites for hydroxylation is 1. The molecular formula is C15H19N7O3. The third-order valence-corrected chi connectivity index (χ3v) is 4.40. The van der Waals surface area contributed by atoms with Crippen LogP contribution >= 0.6 is 0 Å². The molecule has 1 atom stereocenters. The lowest BCUT2D eigenvalue weighted by atomic mass is 9.96. The van der Waals surface area contributed by atoms with Gasteiger partial charge in [0.1, 0.15) is 24.2 Å². The first-order valence-corrected chi connectivity index (χ1v) is 8.08. The highest BCUT2D eigenvalue weighted by Gasteiger charge is 2.28. The molecule has 0 radical (unpaired) electrons. The van der Waals surface area contributed by atoms with Gasteiger partial charge in [-0.1, -0.05) is 0 Å². The van der Waals surface area contributed by atoms with Gasteiger partial charge >= 0.3 is 0 Å². The number of hydrogen-bond donors (Lipinski definition) is 1. The molecule has 0 bridgehead atoms. The Balaban J connectivity index is 1.91. The lowest BCUT2D eigenvalue weighted by Crippen LogP contribution is -2.37. The molecule has 132 valence electrons. The van der Waals surface area contributed by atoms with Gasteiger partial charge in [0, 0.05) is 31.6 Å². The second kappa shape index (κ2) is 6.83. The zero-order valence-corrected chi connectivity index (χ0v) is 13.8.